The summed E-state index contributed by atoms with van der Waals surface area (Å²) >= 11 is 0. The summed E-state index contributed by atoms with van der Waals surface area (Å²) in [7, 11) is 0.377. The first-order valence-electron chi connectivity index (χ1n) is 7.94. The van der Waals surface area contributed by atoms with Gasteiger partial charge in [0.25, 0.3) is 0 Å². The number of rotatable bonds is 1. The molecule has 1 saturated heterocycles. The van der Waals surface area contributed by atoms with Gasteiger partial charge < -0.3 is 9.64 Å². The number of anilines is 1. The quantitative estimate of drug-likeness (QED) is 0.431. The molecule has 134 valence electrons. The van der Waals surface area contributed by atoms with E-state index in [1.165, 1.54) is 0 Å². The molecule has 0 amide bonds. The van der Waals surface area contributed by atoms with Crippen molar-refractivity contribution in [1.29, 1.82) is 0 Å². The van der Waals surface area contributed by atoms with Gasteiger partial charge in [-0.15, -0.1) is 5.54 Å². The summed E-state index contributed by atoms with van der Waals surface area (Å²) in [5, 5.41) is 0.0503. The molecule has 3 rings (SSSR count). The molecule has 2 aliphatic rings. The molecule has 0 bridgehead atoms. The average Bonchev–Trinajstić information content (AvgIpc) is 2.99. The van der Waals surface area contributed by atoms with Crippen molar-refractivity contribution in [3.05, 3.63) is 17.3 Å². The zero-order chi connectivity index (χ0) is 18.5. The topological polar surface area (TPSA) is 25.4 Å². The van der Waals surface area contributed by atoms with Gasteiger partial charge in [0.15, 0.2) is 21.1 Å². The van der Waals surface area contributed by atoms with Gasteiger partial charge in [0.05, 0.1) is 19.7 Å². The van der Waals surface area contributed by atoms with E-state index in [0.29, 0.717) is 34.0 Å². The maximum atomic E-state index is 13.6. The molecule has 8 heteroatoms. The number of pyridine rings is 1. The van der Waals surface area contributed by atoms with Crippen molar-refractivity contribution in [2.24, 2.45) is 0 Å². The maximum Gasteiger partial charge on any atom is 0.329 e. The summed E-state index contributed by atoms with van der Waals surface area (Å²) in [5.74, 6) is -4.89. The first-order chi connectivity index (χ1) is 11.5. The fourth-order valence-corrected chi connectivity index (χ4v) is 3.22. The Morgan fingerprint density at radius 3 is 2.44 bits per heavy atom. The fourth-order valence-electron chi connectivity index (χ4n) is 2.65. The highest BCUT2D eigenvalue weighted by molar-refractivity contribution is 6.49. The van der Waals surface area contributed by atoms with Gasteiger partial charge in [-0.3, -0.25) is 0 Å². The Kier molecular flexibility index (Phi) is 4.26. The zero-order valence-corrected chi connectivity index (χ0v) is 15.2. The van der Waals surface area contributed by atoms with Crippen molar-refractivity contribution in [2.45, 2.75) is 44.1 Å². The molecule has 1 aromatic heterocycles. The smallest absolute Gasteiger partial charge is 0.329 e. The lowest BCUT2D eigenvalue weighted by atomic mass is 10.1. The minimum Gasteiger partial charge on any atom is -0.489 e. The van der Waals surface area contributed by atoms with E-state index in [1.54, 1.807) is 6.07 Å². The molecule has 0 unspecified atom stereocenters. The molecule has 0 aromatic carbocycles. The third-order valence-corrected chi connectivity index (χ3v) is 4.89. The summed E-state index contributed by atoms with van der Waals surface area (Å²) in [6.45, 7) is 4.40. The van der Waals surface area contributed by atoms with Crippen molar-refractivity contribution in [1.82, 2.24) is 4.98 Å². The van der Waals surface area contributed by atoms with E-state index in [9.17, 15) is 17.6 Å². The van der Waals surface area contributed by atoms with Gasteiger partial charge in [0.2, 0.25) is 0 Å². The van der Waals surface area contributed by atoms with E-state index < -0.39 is 24.9 Å². The third-order valence-electron chi connectivity index (χ3n) is 3.89. The van der Waals surface area contributed by atoms with Crippen LogP contribution < -0.4 is 9.64 Å². The van der Waals surface area contributed by atoms with Crippen molar-refractivity contribution >= 4 is 15.3 Å². The minimum atomic E-state index is -4.09. The SMILES string of the molecule is CC(C)(C)[Si]C#Cc1cc2c(c(N3CC(F)(F)C(F)(F)C3)n1)OCC2. The van der Waals surface area contributed by atoms with Crippen LogP contribution in [0.4, 0.5) is 23.4 Å². The normalized spacial score (nSPS) is 20.7. The molecule has 0 saturated carbocycles. The maximum absolute atomic E-state index is 13.6. The molecular formula is C17H18F4N2OSi. The Bertz CT molecular complexity index is 733. The van der Waals surface area contributed by atoms with Crippen LogP contribution in [0.5, 0.6) is 5.75 Å². The third kappa shape index (κ3) is 3.61. The molecule has 1 aromatic rings. The number of hydrogen-bond acceptors (Lipinski definition) is 3. The molecule has 0 atom stereocenters. The summed E-state index contributed by atoms with van der Waals surface area (Å²) in [4.78, 5) is 5.15. The van der Waals surface area contributed by atoms with E-state index in [0.717, 1.165) is 10.5 Å². The zero-order valence-electron chi connectivity index (χ0n) is 14.2. The first kappa shape index (κ1) is 18.1. The van der Waals surface area contributed by atoms with E-state index >= 15 is 0 Å². The Morgan fingerprint density at radius 2 is 1.84 bits per heavy atom. The molecule has 0 aliphatic carbocycles. The van der Waals surface area contributed by atoms with Gasteiger partial charge in [0, 0.05) is 12.0 Å². The summed E-state index contributed by atoms with van der Waals surface area (Å²) < 4.78 is 59.7. The van der Waals surface area contributed by atoms with Gasteiger partial charge in [-0.05, 0) is 11.1 Å². The second kappa shape index (κ2) is 5.90. The van der Waals surface area contributed by atoms with Gasteiger partial charge in [-0.25, -0.2) is 4.98 Å². The van der Waals surface area contributed by atoms with Gasteiger partial charge >= 0.3 is 11.8 Å². The first-order valence-corrected chi connectivity index (χ1v) is 8.94. The molecule has 0 N–H and O–H groups in total. The van der Waals surface area contributed by atoms with Crippen LogP contribution in [0.25, 0.3) is 0 Å². The molecule has 3 nitrogen and oxygen atoms in total. The van der Waals surface area contributed by atoms with E-state index in [-0.39, 0.29) is 10.9 Å². The standard InChI is InChI=1S/C17H18F4N2OSi/c1-15(2,3)25-7-5-12-8-11-4-6-24-13(11)14(22-12)23-9-16(18,19)17(20,21)10-23/h8H,4,6,9-10H2,1-3H3. The molecule has 1 fully saturated rings. The molecule has 3 heterocycles. The number of nitrogens with zero attached hydrogens (tertiary/aromatic N) is 2. The van der Waals surface area contributed by atoms with Crippen LogP contribution in [0.3, 0.4) is 0 Å². The highest BCUT2D eigenvalue weighted by Crippen LogP contribution is 2.45. The molecular weight excluding hydrogens is 352 g/mol. The Balaban J connectivity index is 1.95. The van der Waals surface area contributed by atoms with Crippen molar-refractivity contribution in [3.63, 3.8) is 0 Å². The van der Waals surface area contributed by atoms with Crippen LogP contribution in [0.15, 0.2) is 6.07 Å². The number of aromatic nitrogens is 1. The van der Waals surface area contributed by atoms with Crippen LogP contribution in [-0.4, -0.2) is 46.0 Å². The van der Waals surface area contributed by atoms with Crippen LogP contribution in [0, 0.1) is 11.5 Å². The number of ether oxygens (including phenoxy) is 1. The van der Waals surface area contributed by atoms with Crippen LogP contribution >= 0.6 is 0 Å². The van der Waals surface area contributed by atoms with E-state index in [4.69, 9.17) is 4.74 Å². The number of halogens is 4. The van der Waals surface area contributed by atoms with E-state index in [2.05, 4.69) is 37.2 Å². The average molecular weight is 370 g/mol. The molecule has 25 heavy (non-hydrogen) atoms. The number of fused-ring (bicyclic) bond motifs is 1. The summed E-state index contributed by atoms with van der Waals surface area (Å²) in [6, 6.07) is 1.75. The second-order valence-electron chi connectivity index (χ2n) is 7.31. The van der Waals surface area contributed by atoms with Crippen molar-refractivity contribution < 1.29 is 22.3 Å². The van der Waals surface area contributed by atoms with Gasteiger partial charge in [-0.2, -0.15) is 17.6 Å². The Labute approximate surface area is 146 Å². The molecule has 2 radical (unpaired) electrons. The van der Waals surface area contributed by atoms with Crippen molar-refractivity contribution in [3.8, 4) is 17.2 Å². The highest BCUT2D eigenvalue weighted by Gasteiger charge is 2.63. The van der Waals surface area contributed by atoms with Crippen LogP contribution in [-0.2, 0) is 6.42 Å². The predicted molar refractivity (Wildman–Crippen MR) is 87.9 cm³/mol. The van der Waals surface area contributed by atoms with Crippen molar-refractivity contribution in [2.75, 3.05) is 24.6 Å². The van der Waals surface area contributed by atoms with Crippen LogP contribution in [0.1, 0.15) is 32.0 Å². The molecule has 0 spiro atoms. The minimum absolute atomic E-state index is 0.0373. The molecule has 2 aliphatic heterocycles. The lowest BCUT2D eigenvalue weighted by Crippen LogP contribution is -2.38. The van der Waals surface area contributed by atoms with E-state index in [1.807, 2.05) is 0 Å². The van der Waals surface area contributed by atoms with Gasteiger partial charge in [0.1, 0.15) is 5.69 Å². The summed E-state index contributed by atoms with van der Waals surface area (Å²) in [5.41, 5.74) is 4.21. The fraction of sp³-hybridized carbons (Fsp3) is 0.588. The van der Waals surface area contributed by atoms with Crippen LogP contribution in [0.2, 0.25) is 5.04 Å². The predicted octanol–water partition coefficient (Wildman–Crippen LogP) is 3.34. The lowest BCUT2D eigenvalue weighted by Gasteiger charge is -2.19. The number of alkyl halides is 4. The Hall–Kier alpha value is -1.75. The largest absolute Gasteiger partial charge is 0.489 e. The highest BCUT2D eigenvalue weighted by atomic mass is 28.2. The number of hydrogen-bond donors (Lipinski definition) is 0. The second-order valence-corrected chi connectivity index (χ2v) is 9.31. The summed E-state index contributed by atoms with van der Waals surface area (Å²) in [6.07, 6.45) is 0.585. The van der Waals surface area contributed by atoms with Gasteiger partial charge in [-0.1, -0.05) is 26.7 Å². The Morgan fingerprint density at radius 1 is 1.20 bits per heavy atom. The monoisotopic (exact) mass is 370 g/mol. The lowest BCUT2D eigenvalue weighted by molar-refractivity contribution is -0.172.